The quantitative estimate of drug-likeness (QED) is 0.0585. The minimum atomic E-state index is -1.51. The van der Waals surface area contributed by atoms with Crippen LogP contribution in [0, 0.1) is 5.92 Å². The Labute approximate surface area is 292 Å². The Bertz CT molecular complexity index is 1760. The van der Waals surface area contributed by atoms with Crippen molar-refractivity contribution in [3.63, 3.8) is 0 Å². The average molecular weight is 737 g/mol. The molecule has 0 bridgehead atoms. The number of anilines is 1. The van der Waals surface area contributed by atoms with E-state index in [1.807, 2.05) is 0 Å². The number of aliphatic carboxylic acids is 2. The fraction of sp³-hybridized carbons (Fsp3) is 0.433. The minimum Gasteiger partial charge on any atom is -0.543 e. The molecular formula is C30H33ClN6O10S2. The first kappa shape index (κ1) is 35.9. The number of halogens is 1. The smallest absolute Gasteiger partial charge is 0.347 e. The van der Waals surface area contributed by atoms with Crippen LogP contribution in [0.2, 0.25) is 5.02 Å². The highest BCUT2D eigenvalue weighted by Gasteiger charge is 2.53. The van der Waals surface area contributed by atoms with Gasteiger partial charge in [0, 0.05) is 36.0 Å². The Morgan fingerprint density at radius 1 is 1.27 bits per heavy atom. The molecule has 0 unspecified atom stereocenters. The van der Waals surface area contributed by atoms with Crippen LogP contribution in [-0.2, 0) is 24.0 Å². The maximum atomic E-state index is 13.4. The van der Waals surface area contributed by atoms with Gasteiger partial charge in [0.1, 0.15) is 12.2 Å². The fourth-order valence-electron chi connectivity index (χ4n) is 6.14. The van der Waals surface area contributed by atoms with Gasteiger partial charge in [0.25, 0.3) is 5.91 Å². The number of carbonyl (C=O) groups is 5. The van der Waals surface area contributed by atoms with Crippen molar-refractivity contribution in [2.24, 2.45) is 11.1 Å². The lowest BCUT2D eigenvalue weighted by Crippen LogP contribution is -2.64. The number of phenolic OH excluding ortho intramolecular Hbond substituents is 2. The number of β-lactam (4-membered cyclic amide) rings is 1. The van der Waals surface area contributed by atoms with E-state index < -0.39 is 58.4 Å². The number of benzene rings is 1. The van der Waals surface area contributed by atoms with E-state index in [4.69, 9.17) is 27.3 Å². The van der Waals surface area contributed by atoms with Gasteiger partial charge in [0.2, 0.25) is 12.0 Å². The highest BCUT2D eigenvalue weighted by molar-refractivity contribution is 8.00. The van der Waals surface area contributed by atoms with E-state index in [1.54, 1.807) is 0 Å². The van der Waals surface area contributed by atoms with Crippen LogP contribution in [0.3, 0.4) is 0 Å². The monoisotopic (exact) mass is 736 g/mol. The summed E-state index contributed by atoms with van der Waals surface area (Å²) in [6, 6.07) is 2.45. The summed E-state index contributed by atoms with van der Waals surface area (Å²) in [6.45, 7) is 3.61. The number of nitrogens with two attached hydrogens (primary N) is 1. The molecule has 4 heterocycles. The zero-order valence-corrected chi connectivity index (χ0v) is 28.5. The maximum absolute atomic E-state index is 13.4. The summed E-state index contributed by atoms with van der Waals surface area (Å²) >= 11 is 8.38. The van der Waals surface area contributed by atoms with Crippen LogP contribution in [-0.4, -0.2) is 115 Å². The van der Waals surface area contributed by atoms with E-state index in [2.05, 4.69) is 15.5 Å². The van der Waals surface area contributed by atoms with Gasteiger partial charge in [-0.15, -0.1) is 23.1 Å². The average Bonchev–Trinajstić information content (AvgIpc) is 3.71. The molecule has 19 heteroatoms. The van der Waals surface area contributed by atoms with Crippen LogP contribution in [0.5, 0.6) is 11.5 Å². The molecule has 3 aliphatic rings. The number of hydrogen-bond donors (Lipinski definition) is 5. The van der Waals surface area contributed by atoms with Gasteiger partial charge in [-0.1, -0.05) is 16.8 Å². The zero-order valence-electron chi connectivity index (χ0n) is 26.1. The van der Waals surface area contributed by atoms with Crippen molar-refractivity contribution in [3.8, 4) is 11.5 Å². The molecule has 16 nitrogen and oxygen atoms in total. The Balaban J connectivity index is 1.29. The van der Waals surface area contributed by atoms with E-state index in [0.29, 0.717) is 36.2 Å². The van der Waals surface area contributed by atoms with Crippen molar-refractivity contribution in [3.05, 3.63) is 45.1 Å². The first-order valence-corrected chi connectivity index (χ1v) is 17.5. The molecule has 1 aromatic carbocycles. The summed E-state index contributed by atoms with van der Waals surface area (Å²) in [5, 5.41) is 48.3. The molecule has 49 heavy (non-hydrogen) atoms. The van der Waals surface area contributed by atoms with E-state index in [0.717, 1.165) is 35.1 Å². The number of Topliss-reactive ketones (excluding diaryl/α,β-unsaturated/α-hetero) is 1. The third-order valence-corrected chi connectivity index (χ3v) is 11.1. The lowest BCUT2D eigenvalue weighted by Gasteiger charge is -2.51. The molecular weight excluding hydrogens is 704 g/mol. The number of quaternary nitrogens is 1. The highest BCUT2D eigenvalue weighted by atomic mass is 35.5. The van der Waals surface area contributed by atoms with Crippen molar-refractivity contribution in [1.29, 1.82) is 0 Å². The molecule has 262 valence electrons. The maximum Gasteiger partial charge on any atom is 0.347 e. The SMILES string of the molecule is C[C@H](O/N=C(\C(=O)C[C@@H]1C(=O)N2C(C(=O)[O-])=C(C[N+]3(CCNC(=O)c4ccc(O)c(O)c4Cl)CCCC3)CS[C@H]12)c1csc(N)n1)C(=O)O. The van der Waals surface area contributed by atoms with Crippen molar-refractivity contribution in [2.75, 3.05) is 44.2 Å². The van der Waals surface area contributed by atoms with Gasteiger partial charge in [-0.2, -0.15) is 0 Å². The lowest BCUT2D eigenvalue weighted by molar-refractivity contribution is -0.911. The first-order chi connectivity index (χ1) is 23.2. The van der Waals surface area contributed by atoms with Crippen molar-refractivity contribution < 1.29 is 53.7 Å². The second-order valence-electron chi connectivity index (χ2n) is 11.9. The molecule has 5 rings (SSSR count). The van der Waals surface area contributed by atoms with Crippen LogP contribution in [0.4, 0.5) is 5.13 Å². The molecule has 1 aromatic heterocycles. The normalized spacial score (nSPS) is 20.7. The number of aromatic hydroxyl groups is 2. The standard InChI is InChI=1S/C30H33ClN6O10S2/c1-14(28(43)44)47-35-22(18-13-49-30(32)34-18)20(39)10-17-26(42)36-23(29(45)46)15(12-48-27(17)36)11-37(7-2-3-8-37)9-6-33-25(41)16-4-5-19(38)24(40)21(16)31/h4-5,13-14,17,27H,2-3,6-12H2,1H3,(H6-,32,33,34,35,38,39,40,41,43,44,45,46)/t14-,17+,27+/m0/s1. The van der Waals surface area contributed by atoms with Gasteiger partial charge in [0.05, 0.1) is 59.7 Å². The molecule has 0 saturated carbocycles. The number of hydrogen-bond acceptors (Lipinski definition) is 14. The molecule has 2 amide bonds. The van der Waals surface area contributed by atoms with Crippen molar-refractivity contribution in [1.82, 2.24) is 15.2 Å². The predicted molar refractivity (Wildman–Crippen MR) is 176 cm³/mol. The number of carboxylic acids is 2. The number of likely N-dealkylation sites (tertiary alicyclic amines) is 1. The predicted octanol–water partition coefficient (Wildman–Crippen LogP) is 0.519. The van der Waals surface area contributed by atoms with E-state index >= 15 is 0 Å². The molecule has 0 spiro atoms. The van der Waals surface area contributed by atoms with Crippen LogP contribution in [0.1, 0.15) is 42.2 Å². The number of oxime groups is 1. The zero-order chi connectivity index (χ0) is 35.6. The number of carbonyl (C=O) groups excluding carboxylic acids is 4. The Kier molecular flexibility index (Phi) is 10.7. The fourth-order valence-corrected chi connectivity index (χ4v) is 8.34. The number of thiazole rings is 1. The summed E-state index contributed by atoms with van der Waals surface area (Å²) in [4.78, 5) is 73.5. The van der Waals surface area contributed by atoms with Gasteiger partial charge in [-0.25, -0.2) is 9.78 Å². The Morgan fingerprint density at radius 2 is 1.98 bits per heavy atom. The first-order valence-electron chi connectivity index (χ1n) is 15.2. The van der Waals surface area contributed by atoms with E-state index in [9.17, 15) is 39.3 Å². The Morgan fingerprint density at radius 3 is 2.61 bits per heavy atom. The summed E-state index contributed by atoms with van der Waals surface area (Å²) in [6.07, 6.45) is 0.0384. The molecule has 0 radical (unpaired) electrons. The Hall–Kier alpha value is -4.39. The number of nitrogens with zero attached hydrogens (tertiary/aromatic N) is 4. The number of nitrogens with one attached hydrogen (secondary N) is 1. The number of rotatable bonds is 14. The molecule has 6 N–H and O–H groups in total. The largest absolute Gasteiger partial charge is 0.543 e. The summed E-state index contributed by atoms with van der Waals surface area (Å²) < 4.78 is 0.460. The van der Waals surface area contributed by atoms with Gasteiger partial charge < -0.3 is 45.6 Å². The third kappa shape index (κ3) is 7.46. The van der Waals surface area contributed by atoms with Crippen LogP contribution in [0.25, 0.3) is 0 Å². The number of ketones is 1. The molecule has 3 aliphatic heterocycles. The van der Waals surface area contributed by atoms with Gasteiger partial charge >= 0.3 is 5.97 Å². The van der Waals surface area contributed by atoms with Crippen LogP contribution < -0.4 is 16.2 Å². The molecule has 2 saturated heterocycles. The van der Waals surface area contributed by atoms with Crippen molar-refractivity contribution >= 4 is 75.1 Å². The van der Waals surface area contributed by atoms with Gasteiger partial charge in [-0.05, 0) is 19.1 Å². The number of amides is 2. The second-order valence-corrected chi connectivity index (χ2v) is 14.3. The lowest BCUT2D eigenvalue weighted by atomic mass is 9.89. The topological polar surface area (TPSA) is 245 Å². The number of aromatic nitrogens is 1. The number of phenols is 2. The molecule has 3 atom stereocenters. The van der Waals surface area contributed by atoms with Crippen LogP contribution in [0.15, 0.2) is 33.9 Å². The molecule has 0 aliphatic carbocycles. The summed E-state index contributed by atoms with van der Waals surface area (Å²) in [7, 11) is 0. The molecule has 2 aromatic rings. The second kappa shape index (κ2) is 14.6. The van der Waals surface area contributed by atoms with Gasteiger partial charge in [0.15, 0.2) is 28.1 Å². The summed E-state index contributed by atoms with van der Waals surface area (Å²) in [5.74, 6) is -6.28. The highest BCUT2D eigenvalue weighted by Crippen LogP contribution is 2.46. The number of carboxylic acid groups (broad SMARTS) is 2. The molecule has 2 fully saturated rings. The van der Waals surface area contributed by atoms with E-state index in [-0.39, 0.29) is 51.5 Å². The van der Waals surface area contributed by atoms with E-state index in [1.165, 1.54) is 30.1 Å². The number of fused-ring (bicyclic) bond motifs is 1. The number of nitrogen functional groups attached to an aromatic ring is 1. The summed E-state index contributed by atoms with van der Waals surface area (Å²) in [5.41, 5.74) is 5.73. The van der Waals surface area contributed by atoms with Gasteiger partial charge in [-0.3, -0.25) is 19.3 Å². The minimum absolute atomic E-state index is 0.0117. The number of thioether (sulfide) groups is 1. The van der Waals surface area contributed by atoms with Crippen LogP contribution >= 0.6 is 34.7 Å². The van der Waals surface area contributed by atoms with Crippen molar-refractivity contribution in [2.45, 2.75) is 37.7 Å². The third-order valence-electron chi connectivity index (χ3n) is 8.69.